The maximum atomic E-state index is 2.55. The average molecular weight is 817 g/mol. The molecule has 64 heavy (non-hydrogen) atoms. The Morgan fingerprint density at radius 2 is 0.734 bits per heavy atom. The van der Waals surface area contributed by atoms with E-state index in [-0.39, 0.29) is 5.41 Å². The quantitative estimate of drug-likeness (QED) is 0.165. The standard InChI is InChI=1S/C62H44N2/c1-61(2)53-31-17-14-28-48(53)51-40-46(34-36-54(51)61)64(44-25-10-5-11-26-44)58-38-41-20-12-13-27-47(41)59-50-30-16-19-33-56(50)62(60(58)59)55-32-18-15-29-49(55)52-39-45(35-37-57(52)62)63(42-21-6-3-7-22-42)43-23-8-4-9-24-43/h3-40H,1-2H3. The van der Waals surface area contributed by atoms with E-state index < -0.39 is 5.41 Å². The maximum Gasteiger partial charge on any atom is 0.0746 e. The molecule has 0 fully saturated rings. The summed E-state index contributed by atoms with van der Waals surface area (Å²) in [5.41, 5.74) is 21.9. The van der Waals surface area contributed by atoms with Crippen molar-refractivity contribution in [1.29, 1.82) is 0 Å². The summed E-state index contributed by atoms with van der Waals surface area (Å²) in [6.07, 6.45) is 0. The Bertz CT molecular complexity index is 3440. The van der Waals surface area contributed by atoms with Crippen LogP contribution in [0.3, 0.4) is 0 Å². The van der Waals surface area contributed by atoms with E-state index in [0.717, 1.165) is 28.4 Å². The van der Waals surface area contributed by atoms with Crippen molar-refractivity contribution in [2.75, 3.05) is 9.80 Å². The second kappa shape index (κ2) is 13.8. The Hall–Kier alpha value is -7.94. The molecule has 13 rings (SSSR count). The van der Waals surface area contributed by atoms with Crippen LogP contribution in [0, 0.1) is 0 Å². The third kappa shape index (κ3) is 5.02. The van der Waals surface area contributed by atoms with Crippen molar-refractivity contribution in [3.8, 4) is 33.4 Å². The van der Waals surface area contributed by atoms with Gasteiger partial charge in [-0.1, -0.05) is 178 Å². The van der Waals surface area contributed by atoms with Crippen LogP contribution in [-0.2, 0) is 10.8 Å². The normalized spacial score (nSPS) is 15.5. The van der Waals surface area contributed by atoms with Crippen molar-refractivity contribution in [2.24, 2.45) is 0 Å². The van der Waals surface area contributed by atoms with E-state index >= 15 is 0 Å². The van der Waals surface area contributed by atoms with Crippen LogP contribution in [0.4, 0.5) is 34.1 Å². The molecule has 0 heterocycles. The highest BCUT2D eigenvalue weighted by molar-refractivity contribution is 6.11. The summed E-state index contributed by atoms with van der Waals surface area (Å²) in [7, 11) is 0. The molecule has 0 radical (unpaired) electrons. The van der Waals surface area contributed by atoms with Crippen LogP contribution in [0.25, 0.3) is 44.2 Å². The predicted molar refractivity (Wildman–Crippen MR) is 267 cm³/mol. The zero-order chi connectivity index (χ0) is 42.6. The lowest BCUT2D eigenvalue weighted by Gasteiger charge is -2.36. The van der Waals surface area contributed by atoms with Crippen LogP contribution in [0.2, 0.25) is 0 Å². The van der Waals surface area contributed by atoms with Crippen LogP contribution >= 0.6 is 0 Å². The number of hydrogen-bond acceptors (Lipinski definition) is 2. The van der Waals surface area contributed by atoms with Gasteiger partial charge in [0.15, 0.2) is 0 Å². The van der Waals surface area contributed by atoms with E-state index in [9.17, 15) is 0 Å². The molecule has 3 aliphatic carbocycles. The largest absolute Gasteiger partial charge is 0.310 e. The van der Waals surface area contributed by atoms with Gasteiger partial charge in [0.1, 0.15) is 0 Å². The van der Waals surface area contributed by atoms with Crippen LogP contribution in [0.1, 0.15) is 47.2 Å². The summed E-state index contributed by atoms with van der Waals surface area (Å²) in [4.78, 5) is 4.93. The fraction of sp³-hybridized carbons (Fsp3) is 0.0645. The van der Waals surface area contributed by atoms with Crippen LogP contribution in [0.5, 0.6) is 0 Å². The fourth-order valence-corrected chi connectivity index (χ4v) is 11.8. The third-order valence-electron chi connectivity index (χ3n) is 14.4. The van der Waals surface area contributed by atoms with Gasteiger partial charge < -0.3 is 9.80 Å². The molecule has 0 saturated heterocycles. The van der Waals surface area contributed by atoms with Crippen molar-refractivity contribution < 1.29 is 0 Å². The molecule has 0 amide bonds. The number of para-hydroxylation sites is 3. The highest BCUT2D eigenvalue weighted by Crippen LogP contribution is 2.67. The Kier molecular flexibility index (Phi) is 7.90. The predicted octanol–water partition coefficient (Wildman–Crippen LogP) is 16.4. The molecule has 0 N–H and O–H groups in total. The Morgan fingerprint density at radius 1 is 0.312 bits per heavy atom. The van der Waals surface area contributed by atoms with Gasteiger partial charge in [0.05, 0.1) is 11.1 Å². The number of rotatable bonds is 6. The molecule has 2 heteroatoms. The second-order valence-electron chi connectivity index (χ2n) is 18.0. The molecule has 3 aliphatic rings. The van der Waals surface area contributed by atoms with Gasteiger partial charge in [0.2, 0.25) is 0 Å². The summed E-state index contributed by atoms with van der Waals surface area (Å²) in [6.45, 7) is 4.73. The van der Waals surface area contributed by atoms with E-state index in [1.165, 1.54) is 83.2 Å². The lowest BCUT2D eigenvalue weighted by atomic mass is 9.69. The van der Waals surface area contributed by atoms with Crippen molar-refractivity contribution in [3.63, 3.8) is 0 Å². The van der Waals surface area contributed by atoms with E-state index in [2.05, 4.69) is 254 Å². The molecule has 0 bridgehead atoms. The van der Waals surface area contributed by atoms with Crippen molar-refractivity contribution in [2.45, 2.75) is 24.7 Å². The zero-order valence-corrected chi connectivity index (χ0v) is 35.8. The summed E-state index contributed by atoms with van der Waals surface area (Å²) >= 11 is 0. The SMILES string of the molecule is CC1(C)c2ccccc2-c2cc(N(c3ccccc3)c3cc4ccccc4c4c3C3(c5ccccc5-c5cc(N(c6ccccc6)c6ccccc6)ccc53)c3ccccc3-4)ccc21. The van der Waals surface area contributed by atoms with Crippen LogP contribution in [-0.4, -0.2) is 0 Å². The van der Waals surface area contributed by atoms with Crippen molar-refractivity contribution in [3.05, 3.63) is 264 Å². The minimum absolute atomic E-state index is 0.0926. The van der Waals surface area contributed by atoms with Gasteiger partial charge in [0.25, 0.3) is 0 Å². The maximum absolute atomic E-state index is 2.55. The van der Waals surface area contributed by atoms with E-state index in [1.807, 2.05) is 0 Å². The highest BCUT2D eigenvalue weighted by Gasteiger charge is 2.54. The summed E-state index contributed by atoms with van der Waals surface area (Å²) < 4.78 is 0. The summed E-state index contributed by atoms with van der Waals surface area (Å²) in [5.74, 6) is 0. The van der Waals surface area contributed by atoms with Crippen molar-refractivity contribution in [1.82, 2.24) is 0 Å². The monoisotopic (exact) mass is 816 g/mol. The van der Waals surface area contributed by atoms with E-state index in [0.29, 0.717) is 0 Å². The molecule has 0 aliphatic heterocycles. The Morgan fingerprint density at radius 3 is 1.38 bits per heavy atom. The van der Waals surface area contributed by atoms with Crippen LogP contribution in [0.15, 0.2) is 231 Å². The molecule has 0 aromatic heterocycles. The van der Waals surface area contributed by atoms with Gasteiger partial charge in [-0.25, -0.2) is 0 Å². The molecule has 10 aromatic carbocycles. The molecule has 2 nitrogen and oxygen atoms in total. The van der Waals surface area contributed by atoms with Crippen molar-refractivity contribution >= 4 is 44.9 Å². The molecule has 302 valence electrons. The van der Waals surface area contributed by atoms with Gasteiger partial charge in [-0.05, 0) is 139 Å². The number of benzene rings is 10. The second-order valence-corrected chi connectivity index (χ2v) is 18.0. The number of anilines is 6. The molecule has 1 atom stereocenters. The Balaban J connectivity index is 1.13. The van der Waals surface area contributed by atoms with Gasteiger partial charge in [-0.2, -0.15) is 0 Å². The Labute approximate surface area is 375 Å². The van der Waals surface area contributed by atoms with Gasteiger partial charge in [0, 0.05) is 39.4 Å². The third-order valence-corrected chi connectivity index (χ3v) is 14.4. The lowest BCUT2D eigenvalue weighted by molar-refractivity contribution is 0.660. The first-order valence-corrected chi connectivity index (χ1v) is 22.4. The smallest absolute Gasteiger partial charge is 0.0746 e. The first-order chi connectivity index (χ1) is 31.5. The number of nitrogens with zero attached hydrogens (tertiary/aromatic N) is 2. The topological polar surface area (TPSA) is 6.48 Å². The molecule has 1 unspecified atom stereocenters. The molecule has 0 saturated carbocycles. The first kappa shape index (κ1) is 36.7. The minimum Gasteiger partial charge on any atom is -0.310 e. The fourth-order valence-electron chi connectivity index (χ4n) is 11.8. The first-order valence-electron chi connectivity index (χ1n) is 22.4. The van der Waals surface area contributed by atoms with E-state index in [4.69, 9.17) is 0 Å². The zero-order valence-electron chi connectivity index (χ0n) is 35.8. The van der Waals surface area contributed by atoms with Gasteiger partial charge in [-0.15, -0.1) is 0 Å². The summed E-state index contributed by atoms with van der Waals surface area (Å²) in [6, 6.07) is 85.8. The number of hydrogen-bond donors (Lipinski definition) is 0. The van der Waals surface area contributed by atoms with Gasteiger partial charge >= 0.3 is 0 Å². The molecule has 10 aromatic rings. The summed E-state index contributed by atoms with van der Waals surface area (Å²) in [5, 5.41) is 2.49. The highest BCUT2D eigenvalue weighted by atomic mass is 15.2. The number of fused-ring (bicyclic) bond motifs is 15. The minimum atomic E-state index is -0.613. The molecule has 1 spiro atoms. The van der Waals surface area contributed by atoms with Gasteiger partial charge in [-0.3, -0.25) is 0 Å². The molecular weight excluding hydrogens is 773 g/mol. The molecular formula is C62H44N2. The van der Waals surface area contributed by atoms with E-state index in [1.54, 1.807) is 0 Å². The van der Waals surface area contributed by atoms with Crippen LogP contribution < -0.4 is 9.80 Å². The lowest BCUT2D eigenvalue weighted by Crippen LogP contribution is -2.28. The average Bonchev–Trinajstić information content (AvgIpc) is 3.91.